The quantitative estimate of drug-likeness (QED) is 0.846. The van der Waals surface area contributed by atoms with Crippen molar-refractivity contribution in [2.45, 2.75) is 31.9 Å². The lowest BCUT2D eigenvalue weighted by molar-refractivity contribution is -0.127. The van der Waals surface area contributed by atoms with Crippen molar-refractivity contribution in [2.75, 3.05) is 12.4 Å². The number of amidine groups is 1. The van der Waals surface area contributed by atoms with Crippen LogP contribution in [-0.4, -0.2) is 34.2 Å². The van der Waals surface area contributed by atoms with Gasteiger partial charge in [0, 0.05) is 19.2 Å². The molecular weight excluding hydrogens is 358 g/mol. The van der Waals surface area contributed by atoms with Gasteiger partial charge in [-0.2, -0.15) is 0 Å². The van der Waals surface area contributed by atoms with Crippen LogP contribution in [0.25, 0.3) is 0 Å². The lowest BCUT2D eigenvalue weighted by Gasteiger charge is -2.10. The molecule has 1 aliphatic rings. The highest BCUT2D eigenvalue weighted by molar-refractivity contribution is 8.15. The number of thioether (sulfide) groups is 1. The molecule has 0 spiro atoms. The van der Waals surface area contributed by atoms with Crippen LogP contribution in [0, 0.1) is 6.92 Å². The minimum absolute atomic E-state index is 0.0909. The average molecular weight is 382 g/mol. The summed E-state index contributed by atoms with van der Waals surface area (Å²) in [7, 11) is 1.71. The van der Waals surface area contributed by atoms with Crippen LogP contribution in [0.5, 0.6) is 0 Å². The average Bonchev–Trinajstić information content (AvgIpc) is 2.92. The van der Waals surface area contributed by atoms with E-state index in [9.17, 15) is 9.59 Å². The van der Waals surface area contributed by atoms with Crippen LogP contribution < -0.4 is 5.32 Å². The predicted octanol–water partition coefficient (Wildman–Crippen LogP) is 4.15. The summed E-state index contributed by atoms with van der Waals surface area (Å²) < 4.78 is 0. The second kappa shape index (κ2) is 8.39. The maximum Gasteiger partial charge on any atom is 0.242 e. The summed E-state index contributed by atoms with van der Waals surface area (Å²) >= 11 is 1.35. The molecule has 140 valence electrons. The van der Waals surface area contributed by atoms with Crippen molar-refractivity contribution in [3.05, 3.63) is 59.7 Å². The number of hydrogen-bond acceptors (Lipinski definition) is 4. The Labute approximate surface area is 163 Å². The molecule has 0 bridgehead atoms. The molecule has 0 unspecified atom stereocenters. The first kappa shape index (κ1) is 19.2. The first-order chi connectivity index (χ1) is 13.0. The number of hydrogen-bond donors (Lipinski definition) is 1. The lowest BCUT2D eigenvalue weighted by atomic mass is 10.1. The number of rotatable bonds is 5. The van der Waals surface area contributed by atoms with Crippen molar-refractivity contribution in [1.29, 1.82) is 0 Å². The van der Waals surface area contributed by atoms with Crippen molar-refractivity contribution in [3.8, 4) is 0 Å². The third-order valence-electron chi connectivity index (χ3n) is 4.44. The van der Waals surface area contributed by atoms with Gasteiger partial charge < -0.3 is 5.32 Å². The SMILES string of the molecule is CCc1ccccc1N=C1S[C@@H](CC(=O)Nc2ccc(C)cc2)C(=O)N1C. The number of benzene rings is 2. The summed E-state index contributed by atoms with van der Waals surface area (Å²) in [6.07, 6.45) is 0.994. The maximum atomic E-state index is 12.5. The van der Waals surface area contributed by atoms with E-state index in [1.165, 1.54) is 11.8 Å². The molecule has 0 radical (unpaired) electrons. The summed E-state index contributed by atoms with van der Waals surface area (Å²) in [5.74, 6) is -0.264. The predicted molar refractivity (Wildman–Crippen MR) is 111 cm³/mol. The van der Waals surface area contributed by atoms with Gasteiger partial charge in [-0.3, -0.25) is 14.5 Å². The highest BCUT2D eigenvalue weighted by atomic mass is 32.2. The molecule has 0 saturated carbocycles. The number of anilines is 1. The molecule has 1 N–H and O–H groups in total. The molecule has 2 amide bonds. The fourth-order valence-electron chi connectivity index (χ4n) is 2.84. The third kappa shape index (κ3) is 4.57. The number of para-hydroxylation sites is 1. The van der Waals surface area contributed by atoms with Crippen LogP contribution in [0.4, 0.5) is 11.4 Å². The summed E-state index contributed by atoms with van der Waals surface area (Å²) in [6.45, 7) is 4.07. The molecule has 1 saturated heterocycles. The number of aliphatic imine (C=N–C) groups is 1. The number of nitrogens with one attached hydrogen (secondary N) is 1. The van der Waals surface area contributed by atoms with E-state index in [4.69, 9.17) is 0 Å². The fourth-order valence-corrected chi connectivity index (χ4v) is 3.98. The van der Waals surface area contributed by atoms with E-state index < -0.39 is 5.25 Å². The van der Waals surface area contributed by atoms with Gasteiger partial charge in [0.2, 0.25) is 11.8 Å². The van der Waals surface area contributed by atoms with Gasteiger partial charge in [-0.1, -0.05) is 54.6 Å². The first-order valence-electron chi connectivity index (χ1n) is 8.95. The number of carbonyl (C=O) groups excluding carboxylic acids is 2. The molecule has 1 heterocycles. The highest BCUT2D eigenvalue weighted by Crippen LogP contribution is 2.31. The Balaban J connectivity index is 1.69. The van der Waals surface area contributed by atoms with E-state index in [-0.39, 0.29) is 18.2 Å². The van der Waals surface area contributed by atoms with Crippen LogP contribution in [0.3, 0.4) is 0 Å². The second-order valence-corrected chi connectivity index (χ2v) is 7.67. The van der Waals surface area contributed by atoms with Gasteiger partial charge >= 0.3 is 0 Å². The van der Waals surface area contributed by atoms with Crippen LogP contribution in [0.1, 0.15) is 24.5 Å². The first-order valence-corrected chi connectivity index (χ1v) is 9.83. The summed E-state index contributed by atoms with van der Waals surface area (Å²) in [6, 6.07) is 15.5. The zero-order chi connectivity index (χ0) is 19.4. The van der Waals surface area contributed by atoms with Gasteiger partial charge in [0.15, 0.2) is 5.17 Å². The topological polar surface area (TPSA) is 61.8 Å². The van der Waals surface area contributed by atoms with Gasteiger partial charge in [-0.05, 0) is 37.1 Å². The standard InChI is InChI=1S/C21H23N3O2S/c1-4-15-7-5-6-8-17(15)23-21-24(3)20(26)18(27-21)13-19(25)22-16-11-9-14(2)10-12-16/h5-12,18H,4,13H2,1-3H3,(H,22,25)/t18-/m0/s1. The van der Waals surface area contributed by atoms with Crippen LogP contribution in [-0.2, 0) is 16.0 Å². The van der Waals surface area contributed by atoms with E-state index in [2.05, 4.69) is 17.2 Å². The third-order valence-corrected chi connectivity index (χ3v) is 5.66. The van der Waals surface area contributed by atoms with Crippen molar-refractivity contribution in [1.82, 2.24) is 4.90 Å². The molecule has 6 heteroatoms. The van der Waals surface area contributed by atoms with Crippen molar-refractivity contribution < 1.29 is 9.59 Å². The molecule has 3 rings (SSSR count). The van der Waals surface area contributed by atoms with E-state index in [0.29, 0.717) is 5.17 Å². The van der Waals surface area contributed by atoms with E-state index in [1.807, 2.05) is 55.5 Å². The summed E-state index contributed by atoms with van der Waals surface area (Å²) in [5.41, 5.74) is 3.86. The Kier molecular flexibility index (Phi) is 5.96. The highest BCUT2D eigenvalue weighted by Gasteiger charge is 2.37. The Morgan fingerprint density at radius 1 is 1.19 bits per heavy atom. The molecule has 1 atom stereocenters. The molecule has 0 aromatic heterocycles. The Bertz CT molecular complexity index is 877. The van der Waals surface area contributed by atoms with Gasteiger partial charge in [-0.25, -0.2) is 4.99 Å². The van der Waals surface area contributed by atoms with Crippen molar-refractivity contribution in [3.63, 3.8) is 0 Å². The molecule has 0 aliphatic carbocycles. The Morgan fingerprint density at radius 2 is 1.89 bits per heavy atom. The van der Waals surface area contributed by atoms with Crippen LogP contribution in [0.2, 0.25) is 0 Å². The van der Waals surface area contributed by atoms with Crippen molar-refractivity contribution >= 4 is 40.1 Å². The van der Waals surface area contributed by atoms with Crippen molar-refractivity contribution in [2.24, 2.45) is 4.99 Å². The molecule has 5 nitrogen and oxygen atoms in total. The Morgan fingerprint density at radius 3 is 2.59 bits per heavy atom. The molecular formula is C21H23N3O2S. The minimum Gasteiger partial charge on any atom is -0.326 e. The number of amides is 2. The van der Waals surface area contributed by atoms with Crippen LogP contribution >= 0.6 is 11.8 Å². The number of nitrogens with zero attached hydrogens (tertiary/aromatic N) is 2. The second-order valence-electron chi connectivity index (χ2n) is 6.50. The minimum atomic E-state index is -0.451. The van der Waals surface area contributed by atoms with Gasteiger partial charge in [0.05, 0.1) is 5.69 Å². The Hall–Kier alpha value is -2.60. The zero-order valence-corrected chi connectivity index (χ0v) is 16.5. The normalized spacial score (nSPS) is 18.2. The monoisotopic (exact) mass is 381 g/mol. The number of carbonyl (C=O) groups is 2. The summed E-state index contributed by atoms with van der Waals surface area (Å²) in [4.78, 5) is 31.1. The maximum absolute atomic E-state index is 12.5. The largest absolute Gasteiger partial charge is 0.326 e. The number of aryl methyl sites for hydroxylation is 2. The molecule has 27 heavy (non-hydrogen) atoms. The molecule has 2 aromatic rings. The molecule has 2 aromatic carbocycles. The lowest BCUT2D eigenvalue weighted by Crippen LogP contribution is -2.30. The fraction of sp³-hybridized carbons (Fsp3) is 0.286. The van der Waals surface area contributed by atoms with Crippen LogP contribution in [0.15, 0.2) is 53.5 Å². The smallest absolute Gasteiger partial charge is 0.242 e. The summed E-state index contributed by atoms with van der Waals surface area (Å²) in [5, 5.41) is 3.03. The molecule has 1 fully saturated rings. The zero-order valence-electron chi connectivity index (χ0n) is 15.7. The van der Waals surface area contributed by atoms with Gasteiger partial charge in [0.25, 0.3) is 0 Å². The van der Waals surface area contributed by atoms with E-state index >= 15 is 0 Å². The van der Waals surface area contributed by atoms with Gasteiger partial charge in [0.1, 0.15) is 5.25 Å². The van der Waals surface area contributed by atoms with E-state index in [0.717, 1.165) is 28.9 Å². The molecule has 1 aliphatic heterocycles. The van der Waals surface area contributed by atoms with E-state index in [1.54, 1.807) is 11.9 Å². The van der Waals surface area contributed by atoms with Gasteiger partial charge in [-0.15, -0.1) is 0 Å².